The van der Waals surface area contributed by atoms with Crippen molar-refractivity contribution >= 4 is 17.4 Å². The molecule has 0 fully saturated rings. The highest BCUT2D eigenvalue weighted by Gasteiger charge is 2.43. The van der Waals surface area contributed by atoms with Gasteiger partial charge in [-0.2, -0.15) is 13.2 Å². The smallest absolute Gasteiger partial charge is 0.362 e. The van der Waals surface area contributed by atoms with Gasteiger partial charge in [0.05, 0.1) is 5.92 Å². The lowest BCUT2D eigenvalue weighted by atomic mass is 10.0. The molecule has 0 aliphatic rings. The molecule has 4 nitrogen and oxygen atoms in total. The van der Waals surface area contributed by atoms with E-state index < -0.39 is 18.6 Å². The van der Waals surface area contributed by atoms with Crippen LogP contribution >= 0.6 is 11.6 Å². The first kappa shape index (κ1) is 14.0. The Bertz CT molecular complexity index is 394. The molecule has 0 saturated heterocycles. The lowest BCUT2D eigenvalue weighted by molar-refractivity contribution is -0.148. The van der Waals surface area contributed by atoms with Gasteiger partial charge in [0.15, 0.2) is 0 Å². The van der Waals surface area contributed by atoms with E-state index in [4.69, 9.17) is 17.3 Å². The van der Waals surface area contributed by atoms with Gasteiger partial charge in [-0.3, -0.25) is 0 Å². The molecule has 17 heavy (non-hydrogen) atoms. The zero-order valence-corrected chi connectivity index (χ0v) is 10.0. The summed E-state index contributed by atoms with van der Waals surface area (Å²) >= 11 is 5.72. The fraction of sp³-hybridized carbons (Fsp3) is 0.556. The minimum Gasteiger partial charge on any atom is -0.362 e. The van der Waals surface area contributed by atoms with Gasteiger partial charge < -0.3 is 10.6 Å². The number of halogens is 4. The zero-order chi connectivity index (χ0) is 13.2. The van der Waals surface area contributed by atoms with E-state index in [1.165, 1.54) is 4.90 Å². The second kappa shape index (κ2) is 5.05. The summed E-state index contributed by atoms with van der Waals surface area (Å²) in [5.74, 6) is -1.74. The molecule has 96 valence electrons. The predicted molar refractivity (Wildman–Crippen MR) is 59.2 cm³/mol. The quantitative estimate of drug-likeness (QED) is 0.850. The van der Waals surface area contributed by atoms with Crippen molar-refractivity contribution in [3.8, 4) is 0 Å². The maximum Gasteiger partial charge on any atom is 0.397 e. The minimum absolute atomic E-state index is 0.123. The Morgan fingerprint density at radius 2 is 2.00 bits per heavy atom. The van der Waals surface area contributed by atoms with Crippen LogP contribution in [0.4, 0.5) is 19.0 Å². The highest BCUT2D eigenvalue weighted by atomic mass is 35.5. The van der Waals surface area contributed by atoms with E-state index >= 15 is 0 Å². The van der Waals surface area contributed by atoms with Gasteiger partial charge in [-0.15, -0.1) is 0 Å². The normalized spacial score (nSPS) is 13.6. The molecule has 0 saturated carbocycles. The number of aromatic nitrogens is 2. The molecule has 1 aromatic heterocycles. The van der Waals surface area contributed by atoms with Crippen molar-refractivity contribution in [3.63, 3.8) is 0 Å². The van der Waals surface area contributed by atoms with Crippen LogP contribution in [0.1, 0.15) is 11.5 Å². The first-order chi connectivity index (χ1) is 7.79. The van der Waals surface area contributed by atoms with Gasteiger partial charge in [0, 0.05) is 26.2 Å². The number of rotatable bonds is 3. The average Bonchev–Trinajstić information content (AvgIpc) is 2.19. The van der Waals surface area contributed by atoms with Gasteiger partial charge in [-0.1, -0.05) is 11.6 Å². The standard InChI is InChI=1S/C9H12ClF3N4/c1-17(2)8-6(7(10)15-4-16-8)5(3-14)9(11,12)13/h4-5H,3,14H2,1-2H3. The highest BCUT2D eigenvalue weighted by molar-refractivity contribution is 6.30. The van der Waals surface area contributed by atoms with Crippen LogP contribution in [0.15, 0.2) is 6.33 Å². The first-order valence-corrected chi connectivity index (χ1v) is 5.11. The number of hydrogen-bond acceptors (Lipinski definition) is 4. The molecular weight excluding hydrogens is 257 g/mol. The van der Waals surface area contributed by atoms with E-state index in [1.807, 2.05) is 0 Å². The second-order valence-corrected chi connectivity index (χ2v) is 3.98. The fourth-order valence-corrected chi connectivity index (χ4v) is 1.70. The number of nitrogens with zero attached hydrogens (tertiary/aromatic N) is 3. The molecule has 2 N–H and O–H groups in total. The molecule has 0 aliphatic carbocycles. The van der Waals surface area contributed by atoms with Gasteiger partial charge in [0.2, 0.25) is 0 Å². The van der Waals surface area contributed by atoms with Crippen LogP contribution < -0.4 is 10.6 Å². The van der Waals surface area contributed by atoms with Crippen molar-refractivity contribution in [3.05, 3.63) is 17.0 Å². The molecule has 0 amide bonds. The van der Waals surface area contributed by atoms with Gasteiger partial charge >= 0.3 is 6.18 Å². The largest absolute Gasteiger partial charge is 0.397 e. The third-order valence-corrected chi connectivity index (χ3v) is 2.52. The van der Waals surface area contributed by atoms with Crippen LogP contribution in [-0.4, -0.2) is 36.8 Å². The predicted octanol–water partition coefficient (Wildman–Crippen LogP) is 1.80. The van der Waals surface area contributed by atoms with Gasteiger partial charge in [0.25, 0.3) is 0 Å². The van der Waals surface area contributed by atoms with E-state index in [9.17, 15) is 13.2 Å². The highest BCUT2D eigenvalue weighted by Crippen LogP contribution is 2.40. The van der Waals surface area contributed by atoms with Gasteiger partial charge in [0.1, 0.15) is 17.3 Å². The third-order valence-electron chi connectivity index (χ3n) is 2.22. The molecule has 0 bridgehead atoms. The van der Waals surface area contributed by atoms with Crippen molar-refractivity contribution in [2.45, 2.75) is 12.1 Å². The molecule has 1 atom stereocenters. The Morgan fingerprint density at radius 1 is 1.41 bits per heavy atom. The summed E-state index contributed by atoms with van der Waals surface area (Å²) in [6, 6.07) is 0. The van der Waals surface area contributed by atoms with Crippen molar-refractivity contribution in [1.82, 2.24) is 9.97 Å². The SMILES string of the molecule is CN(C)c1ncnc(Cl)c1C(CN)C(F)(F)F. The van der Waals surface area contributed by atoms with Crippen LogP contribution in [0.2, 0.25) is 5.15 Å². The first-order valence-electron chi connectivity index (χ1n) is 4.73. The van der Waals surface area contributed by atoms with Crippen LogP contribution in [0, 0.1) is 0 Å². The molecule has 8 heteroatoms. The maximum absolute atomic E-state index is 12.8. The molecule has 1 rings (SSSR count). The minimum atomic E-state index is -4.48. The fourth-order valence-electron chi connectivity index (χ4n) is 1.44. The summed E-state index contributed by atoms with van der Waals surface area (Å²) in [5, 5.41) is -0.225. The van der Waals surface area contributed by atoms with Gasteiger partial charge in [-0.25, -0.2) is 9.97 Å². The van der Waals surface area contributed by atoms with Crippen molar-refractivity contribution in [2.75, 3.05) is 25.5 Å². The summed E-state index contributed by atoms with van der Waals surface area (Å²) in [6.07, 6.45) is -3.36. The summed E-state index contributed by atoms with van der Waals surface area (Å²) < 4.78 is 38.5. The van der Waals surface area contributed by atoms with Crippen molar-refractivity contribution in [1.29, 1.82) is 0 Å². The number of hydrogen-bond donors (Lipinski definition) is 1. The molecule has 0 spiro atoms. The maximum atomic E-state index is 12.8. The Kier molecular flexibility index (Phi) is 4.16. The summed E-state index contributed by atoms with van der Waals surface area (Å²) in [6.45, 7) is -0.600. The molecule has 0 radical (unpaired) electrons. The summed E-state index contributed by atoms with van der Waals surface area (Å²) in [7, 11) is 3.15. The Labute approximate surface area is 102 Å². The van der Waals surface area contributed by atoms with E-state index in [-0.39, 0.29) is 16.5 Å². The van der Waals surface area contributed by atoms with E-state index in [1.54, 1.807) is 14.1 Å². The lowest BCUT2D eigenvalue weighted by Crippen LogP contribution is -2.30. The molecule has 1 aromatic rings. The van der Waals surface area contributed by atoms with E-state index in [0.717, 1.165) is 6.33 Å². The topological polar surface area (TPSA) is 55.0 Å². The lowest BCUT2D eigenvalue weighted by Gasteiger charge is -2.24. The number of anilines is 1. The Hall–Kier alpha value is -1.08. The summed E-state index contributed by atoms with van der Waals surface area (Å²) in [4.78, 5) is 8.81. The Morgan fingerprint density at radius 3 is 2.41 bits per heavy atom. The molecule has 0 aliphatic heterocycles. The van der Waals surface area contributed by atoms with Crippen LogP contribution in [0.25, 0.3) is 0 Å². The Balaban J connectivity index is 3.37. The van der Waals surface area contributed by atoms with E-state index in [2.05, 4.69) is 9.97 Å². The van der Waals surface area contributed by atoms with Crippen LogP contribution in [0.3, 0.4) is 0 Å². The number of nitrogens with two attached hydrogens (primary N) is 1. The van der Waals surface area contributed by atoms with Crippen molar-refractivity contribution in [2.24, 2.45) is 5.73 Å². The average molecular weight is 269 g/mol. The van der Waals surface area contributed by atoms with Gasteiger partial charge in [-0.05, 0) is 0 Å². The van der Waals surface area contributed by atoms with Crippen LogP contribution in [-0.2, 0) is 0 Å². The second-order valence-electron chi connectivity index (χ2n) is 3.63. The van der Waals surface area contributed by atoms with Crippen LogP contribution in [0.5, 0.6) is 0 Å². The third kappa shape index (κ3) is 2.98. The molecule has 1 heterocycles. The molecule has 1 unspecified atom stereocenters. The zero-order valence-electron chi connectivity index (χ0n) is 9.29. The number of alkyl halides is 3. The monoisotopic (exact) mass is 268 g/mol. The van der Waals surface area contributed by atoms with E-state index in [0.29, 0.717) is 0 Å². The van der Waals surface area contributed by atoms with Crippen molar-refractivity contribution < 1.29 is 13.2 Å². The summed E-state index contributed by atoms with van der Waals surface area (Å²) in [5.41, 5.74) is 4.99. The molecular formula is C9H12ClF3N4. The molecule has 0 aromatic carbocycles.